The summed E-state index contributed by atoms with van der Waals surface area (Å²) in [5.74, 6) is -0.0336. The first-order valence-corrected chi connectivity index (χ1v) is 5.78. The van der Waals surface area contributed by atoms with Crippen molar-refractivity contribution in [1.82, 2.24) is 5.32 Å². The van der Waals surface area contributed by atoms with Gasteiger partial charge >= 0.3 is 6.09 Å². The molecule has 0 aromatic carbocycles. The molecular formula is C12H20NO3. The van der Waals surface area contributed by atoms with Gasteiger partial charge < -0.3 is 10.1 Å². The van der Waals surface area contributed by atoms with Crippen molar-refractivity contribution in [3.8, 4) is 0 Å². The standard InChI is InChI=1S/C12H20NO3/c1-12(2,3)16-11(15)13-10-6-4-5-9(7-10)8-14/h9-10H,4-7H2,1-3H3,(H,13,15). The quantitative estimate of drug-likeness (QED) is 0.785. The van der Waals surface area contributed by atoms with Crippen LogP contribution in [0, 0.1) is 5.92 Å². The van der Waals surface area contributed by atoms with Gasteiger partial charge in [-0.15, -0.1) is 0 Å². The van der Waals surface area contributed by atoms with E-state index in [4.69, 9.17) is 4.74 Å². The van der Waals surface area contributed by atoms with Gasteiger partial charge in [-0.1, -0.05) is 6.42 Å². The molecule has 0 saturated heterocycles. The Morgan fingerprint density at radius 3 is 2.62 bits per heavy atom. The van der Waals surface area contributed by atoms with Crippen LogP contribution in [0.4, 0.5) is 4.79 Å². The molecule has 1 aliphatic carbocycles. The van der Waals surface area contributed by atoms with Gasteiger partial charge in [0.2, 0.25) is 6.29 Å². The molecule has 91 valence electrons. The first kappa shape index (κ1) is 13.0. The molecule has 0 bridgehead atoms. The third-order valence-corrected chi connectivity index (χ3v) is 2.56. The highest BCUT2D eigenvalue weighted by Crippen LogP contribution is 2.22. The van der Waals surface area contributed by atoms with Crippen LogP contribution in [-0.2, 0) is 9.53 Å². The second-order valence-electron chi connectivity index (χ2n) is 5.32. The average Bonchev–Trinajstić information content (AvgIpc) is 2.15. The van der Waals surface area contributed by atoms with E-state index in [9.17, 15) is 9.59 Å². The fourth-order valence-corrected chi connectivity index (χ4v) is 1.90. The molecular weight excluding hydrogens is 206 g/mol. The Labute approximate surface area is 96.7 Å². The lowest BCUT2D eigenvalue weighted by Crippen LogP contribution is -2.41. The summed E-state index contributed by atoms with van der Waals surface area (Å²) < 4.78 is 5.16. The minimum absolute atomic E-state index is 0.0336. The molecule has 1 aliphatic rings. The van der Waals surface area contributed by atoms with Crippen LogP contribution in [0.3, 0.4) is 0 Å². The van der Waals surface area contributed by atoms with Crippen molar-refractivity contribution in [2.75, 3.05) is 0 Å². The van der Waals surface area contributed by atoms with E-state index in [0.717, 1.165) is 19.3 Å². The van der Waals surface area contributed by atoms with Gasteiger partial charge in [-0.25, -0.2) is 4.79 Å². The molecule has 0 heterocycles. The van der Waals surface area contributed by atoms with Gasteiger partial charge in [-0.3, -0.25) is 4.79 Å². The average molecular weight is 226 g/mol. The Balaban J connectivity index is 2.36. The van der Waals surface area contributed by atoms with E-state index >= 15 is 0 Å². The zero-order valence-electron chi connectivity index (χ0n) is 10.2. The molecule has 1 N–H and O–H groups in total. The maximum atomic E-state index is 11.5. The molecule has 0 spiro atoms. The van der Waals surface area contributed by atoms with E-state index in [1.807, 2.05) is 27.1 Å². The Hall–Kier alpha value is -1.06. The predicted molar refractivity (Wildman–Crippen MR) is 60.8 cm³/mol. The fraction of sp³-hybridized carbons (Fsp3) is 0.833. The van der Waals surface area contributed by atoms with Crippen molar-refractivity contribution < 1.29 is 14.3 Å². The summed E-state index contributed by atoms with van der Waals surface area (Å²) in [7, 11) is 0. The van der Waals surface area contributed by atoms with E-state index < -0.39 is 11.7 Å². The number of hydrogen-bond acceptors (Lipinski definition) is 3. The van der Waals surface area contributed by atoms with Crippen LogP contribution in [0.15, 0.2) is 0 Å². The second-order valence-corrected chi connectivity index (χ2v) is 5.32. The summed E-state index contributed by atoms with van der Waals surface area (Å²) in [6.45, 7) is 5.49. The molecule has 1 fully saturated rings. The number of carbonyl (C=O) groups is 1. The molecule has 4 heteroatoms. The summed E-state index contributed by atoms with van der Waals surface area (Å²) >= 11 is 0. The molecule has 1 amide bonds. The maximum Gasteiger partial charge on any atom is 0.407 e. The molecule has 4 nitrogen and oxygen atoms in total. The Kier molecular flexibility index (Phi) is 4.33. The normalized spacial score (nSPS) is 25.9. The maximum absolute atomic E-state index is 11.5. The van der Waals surface area contributed by atoms with Crippen LogP contribution < -0.4 is 5.32 Å². The van der Waals surface area contributed by atoms with Crippen molar-refractivity contribution >= 4 is 12.4 Å². The summed E-state index contributed by atoms with van der Waals surface area (Å²) in [5.41, 5.74) is -0.477. The third kappa shape index (κ3) is 4.64. The Morgan fingerprint density at radius 1 is 1.38 bits per heavy atom. The molecule has 0 aliphatic heterocycles. The number of amides is 1. The minimum atomic E-state index is -0.477. The number of hydrogen-bond donors (Lipinski definition) is 1. The molecule has 2 atom stereocenters. The zero-order chi connectivity index (χ0) is 12.2. The van der Waals surface area contributed by atoms with Crippen molar-refractivity contribution in [2.24, 2.45) is 5.92 Å². The Bertz CT molecular complexity index is 257. The first-order chi connectivity index (χ1) is 7.40. The minimum Gasteiger partial charge on any atom is -0.444 e. The van der Waals surface area contributed by atoms with E-state index in [1.54, 1.807) is 0 Å². The van der Waals surface area contributed by atoms with Gasteiger partial charge in [0.1, 0.15) is 5.60 Å². The van der Waals surface area contributed by atoms with Gasteiger partial charge in [0.25, 0.3) is 0 Å². The highest BCUT2D eigenvalue weighted by molar-refractivity contribution is 5.68. The highest BCUT2D eigenvalue weighted by Gasteiger charge is 2.25. The smallest absolute Gasteiger partial charge is 0.407 e. The molecule has 16 heavy (non-hydrogen) atoms. The van der Waals surface area contributed by atoms with Gasteiger partial charge in [-0.05, 0) is 40.0 Å². The van der Waals surface area contributed by atoms with Gasteiger partial charge in [0, 0.05) is 12.0 Å². The van der Waals surface area contributed by atoms with Crippen molar-refractivity contribution in [2.45, 2.75) is 58.1 Å². The van der Waals surface area contributed by atoms with E-state index in [1.165, 1.54) is 0 Å². The molecule has 0 aromatic rings. The summed E-state index contributed by atoms with van der Waals surface area (Å²) in [6, 6.07) is 0.0510. The van der Waals surface area contributed by atoms with Crippen LogP contribution in [-0.4, -0.2) is 24.0 Å². The summed E-state index contributed by atoms with van der Waals surface area (Å²) in [5, 5.41) is 2.80. The summed E-state index contributed by atoms with van der Waals surface area (Å²) in [4.78, 5) is 22.0. The van der Waals surface area contributed by atoms with Crippen molar-refractivity contribution in [1.29, 1.82) is 0 Å². The van der Waals surface area contributed by atoms with Crippen molar-refractivity contribution in [3.63, 3.8) is 0 Å². The molecule has 0 aromatic heterocycles. The Morgan fingerprint density at radius 2 is 2.06 bits per heavy atom. The van der Waals surface area contributed by atoms with E-state index in [0.29, 0.717) is 6.42 Å². The fourth-order valence-electron chi connectivity index (χ4n) is 1.90. The molecule has 1 rings (SSSR count). The van der Waals surface area contributed by atoms with Crippen LogP contribution in [0.1, 0.15) is 46.5 Å². The SMILES string of the molecule is CC(C)(C)OC(=O)NC1CCCC([C]=O)C1. The third-order valence-electron chi connectivity index (χ3n) is 2.56. The molecule has 2 unspecified atom stereocenters. The lowest BCUT2D eigenvalue weighted by molar-refractivity contribution is 0.0489. The van der Waals surface area contributed by atoms with E-state index in [2.05, 4.69) is 5.32 Å². The van der Waals surface area contributed by atoms with E-state index in [-0.39, 0.29) is 12.0 Å². The van der Waals surface area contributed by atoms with Gasteiger partial charge in [0.05, 0.1) is 0 Å². The first-order valence-electron chi connectivity index (χ1n) is 5.78. The lowest BCUT2D eigenvalue weighted by Gasteiger charge is -2.28. The number of carbonyl (C=O) groups excluding carboxylic acids is 2. The number of nitrogens with one attached hydrogen (secondary N) is 1. The largest absolute Gasteiger partial charge is 0.444 e. The lowest BCUT2D eigenvalue weighted by atomic mass is 9.87. The molecule has 1 radical (unpaired) electrons. The van der Waals surface area contributed by atoms with Gasteiger partial charge in [-0.2, -0.15) is 0 Å². The topological polar surface area (TPSA) is 55.4 Å². The van der Waals surface area contributed by atoms with Gasteiger partial charge in [0.15, 0.2) is 0 Å². The molecule has 1 saturated carbocycles. The van der Waals surface area contributed by atoms with Crippen molar-refractivity contribution in [3.05, 3.63) is 0 Å². The monoisotopic (exact) mass is 226 g/mol. The van der Waals surface area contributed by atoms with Crippen LogP contribution in [0.25, 0.3) is 0 Å². The van der Waals surface area contributed by atoms with Crippen LogP contribution in [0.5, 0.6) is 0 Å². The number of ether oxygens (including phenoxy) is 1. The summed E-state index contributed by atoms with van der Waals surface area (Å²) in [6.07, 6.45) is 5.06. The number of rotatable bonds is 2. The zero-order valence-corrected chi connectivity index (χ0v) is 10.2. The van der Waals surface area contributed by atoms with Crippen LogP contribution in [0.2, 0.25) is 0 Å². The van der Waals surface area contributed by atoms with Crippen LogP contribution >= 0.6 is 0 Å². The number of alkyl carbamates (subject to hydrolysis) is 1. The second kappa shape index (κ2) is 5.32. The predicted octanol–water partition coefficient (Wildman–Crippen LogP) is 2.18. The highest BCUT2D eigenvalue weighted by atomic mass is 16.6.